The van der Waals surface area contributed by atoms with Gasteiger partial charge in [0.25, 0.3) is 0 Å². The minimum Gasteiger partial charge on any atom is -0.506 e. The van der Waals surface area contributed by atoms with Crippen molar-refractivity contribution in [3.63, 3.8) is 0 Å². The van der Waals surface area contributed by atoms with E-state index in [9.17, 15) is 5.11 Å². The van der Waals surface area contributed by atoms with E-state index in [1.54, 1.807) is 18.2 Å². The molecule has 5 nitrogen and oxygen atoms in total. The number of nitrogens with zero attached hydrogens (tertiary/aromatic N) is 2. The molecule has 1 aliphatic carbocycles. The Kier molecular flexibility index (Phi) is 4.13. The van der Waals surface area contributed by atoms with Crippen molar-refractivity contribution < 1.29 is 14.6 Å². The molecule has 0 amide bonds. The maximum atomic E-state index is 10.1. The summed E-state index contributed by atoms with van der Waals surface area (Å²) in [6.07, 6.45) is 2.00. The normalized spacial score (nSPS) is 19.3. The number of hydrogen-bond acceptors (Lipinski definition) is 5. The van der Waals surface area contributed by atoms with Crippen LogP contribution >= 0.6 is 0 Å². The molecule has 4 aromatic rings. The monoisotopic (exact) mass is 408 g/mol. The topological polar surface area (TPSA) is 63.9 Å². The molecule has 152 valence electrons. The third kappa shape index (κ3) is 3.19. The second-order valence-corrected chi connectivity index (χ2v) is 7.91. The van der Waals surface area contributed by atoms with Crippen LogP contribution in [0.4, 0.5) is 0 Å². The van der Waals surface area contributed by atoms with E-state index in [0.717, 1.165) is 23.8 Å². The number of para-hydroxylation sites is 1. The van der Waals surface area contributed by atoms with Crippen molar-refractivity contribution >= 4 is 16.8 Å². The predicted octanol–water partition coefficient (Wildman–Crippen LogP) is 5.57. The van der Waals surface area contributed by atoms with Crippen LogP contribution in [0.25, 0.3) is 10.9 Å². The van der Waals surface area contributed by atoms with Crippen LogP contribution < -0.4 is 4.74 Å². The Bertz CT molecular complexity index is 1330. The fourth-order valence-electron chi connectivity index (χ4n) is 4.40. The Morgan fingerprint density at radius 3 is 2.81 bits per heavy atom. The maximum Gasteiger partial charge on any atom is 0.219 e. The van der Waals surface area contributed by atoms with Gasteiger partial charge in [-0.3, -0.25) is 0 Å². The van der Waals surface area contributed by atoms with Gasteiger partial charge >= 0.3 is 0 Å². The molecule has 2 aliphatic rings. The highest BCUT2D eigenvalue weighted by molar-refractivity contribution is 5.96. The second kappa shape index (κ2) is 7.13. The van der Waals surface area contributed by atoms with Crippen LogP contribution in [-0.4, -0.2) is 22.0 Å². The summed E-state index contributed by atoms with van der Waals surface area (Å²) in [5.41, 5.74) is 3.99. The van der Waals surface area contributed by atoms with Crippen LogP contribution in [0.3, 0.4) is 0 Å². The zero-order chi connectivity index (χ0) is 20.8. The van der Waals surface area contributed by atoms with Crippen LogP contribution in [0.1, 0.15) is 29.2 Å². The number of aryl methyl sites for hydroxylation is 1. The molecular formula is C26H20N2O3. The lowest BCUT2D eigenvalue weighted by molar-refractivity contribution is 0.183. The fourth-order valence-corrected chi connectivity index (χ4v) is 4.40. The summed E-state index contributed by atoms with van der Waals surface area (Å²) in [5, 5.41) is 10.9. The van der Waals surface area contributed by atoms with Crippen LogP contribution in [0.15, 0.2) is 83.9 Å². The van der Waals surface area contributed by atoms with E-state index in [2.05, 4.69) is 29.2 Å². The molecule has 2 atom stereocenters. The lowest BCUT2D eigenvalue weighted by Crippen LogP contribution is -2.21. The molecule has 0 bridgehead atoms. The summed E-state index contributed by atoms with van der Waals surface area (Å²) in [4.78, 5) is 9.32. The number of ether oxygens (including phenoxy) is 2. The maximum absolute atomic E-state index is 10.1. The quantitative estimate of drug-likeness (QED) is 0.482. The number of aromatic hydroxyl groups is 1. The molecule has 2 heterocycles. The number of fused-ring (bicyclic) bond motifs is 4. The second-order valence-electron chi connectivity index (χ2n) is 7.91. The van der Waals surface area contributed by atoms with E-state index >= 15 is 0 Å². The molecule has 1 unspecified atom stereocenters. The van der Waals surface area contributed by atoms with Gasteiger partial charge in [0.15, 0.2) is 0 Å². The van der Waals surface area contributed by atoms with E-state index in [1.165, 1.54) is 11.1 Å². The summed E-state index contributed by atoms with van der Waals surface area (Å²) < 4.78 is 12.3. The van der Waals surface area contributed by atoms with Crippen LogP contribution in [-0.2, 0) is 11.2 Å². The lowest BCUT2D eigenvalue weighted by atomic mass is 9.86. The molecule has 1 N–H and O–H groups in total. The number of phenols is 1. The largest absolute Gasteiger partial charge is 0.506 e. The first kappa shape index (κ1) is 18.0. The Balaban J connectivity index is 1.27. The van der Waals surface area contributed by atoms with E-state index in [4.69, 9.17) is 14.5 Å². The molecule has 0 fully saturated rings. The highest BCUT2D eigenvalue weighted by atomic mass is 16.5. The summed E-state index contributed by atoms with van der Waals surface area (Å²) in [7, 11) is 0. The summed E-state index contributed by atoms with van der Waals surface area (Å²) in [6.45, 7) is 0. The third-order valence-electron chi connectivity index (χ3n) is 5.92. The van der Waals surface area contributed by atoms with Gasteiger partial charge in [-0.15, -0.1) is 0 Å². The minimum atomic E-state index is -0.0188. The number of hydrogen-bond donors (Lipinski definition) is 1. The first-order valence-electron chi connectivity index (χ1n) is 10.4. The van der Waals surface area contributed by atoms with Gasteiger partial charge in [-0.25, -0.2) is 9.98 Å². The van der Waals surface area contributed by atoms with Crippen molar-refractivity contribution in [1.82, 2.24) is 4.98 Å². The Morgan fingerprint density at radius 2 is 1.84 bits per heavy atom. The zero-order valence-corrected chi connectivity index (χ0v) is 16.7. The summed E-state index contributed by atoms with van der Waals surface area (Å²) >= 11 is 0. The number of benzene rings is 3. The van der Waals surface area contributed by atoms with Gasteiger partial charge < -0.3 is 14.6 Å². The highest BCUT2D eigenvalue weighted by Crippen LogP contribution is 2.39. The van der Waals surface area contributed by atoms with Crippen molar-refractivity contribution in [2.45, 2.75) is 25.0 Å². The van der Waals surface area contributed by atoms with Gasteiger partial charge in [0.05, 0.1) is 6.04 Å². The molecule has 0 saturated carbocycles. The van der Waals surface area contributed by atoms with Gasteiger partial charge in [-0.2, -0.15) is 0 Å². The Morgan fingerprint density at radius 1 is 0.935 bits per heavy atom. The molecule has 3 aromatic carbocycles. The summed E-state index contributed by atoms with van der Waals surface area (Å²) in [5.74, 6) is 1.85. The number of aromatic nitrogens is 1. The standard InChI is InChI=1S/C26H20N2O3/c29-22-10-4-6-17-12-14-23(28-24(17)22)30-19-8-3-7-18(15-19)26-27-21-13-11-16-5-1-2-9-20(16)25(21)31-26/h1-10,12,14-15,21,25,29H,11,13H2/t21-,25?/m0/s1. The van der Waals surface area contributed by atoms with Crippen molar-refractivity contribution in [3.05, 3.63) is 95.6 Å². The van der Waals surface area contributed by atoms with E-state index < -0.39 is 0 Å². The Hall–Kier alpha value is -3.86. The molecular weight excluding hydrogens is 388 g/mol. The van der Waals surface area contributed by atoms with Crippen LogP contribution in [0.2, 0.25) is 0 Å². The molecule has 1 aliphatic heterocycles. The Labute approximate surface area is 179 Å². The fraction of sp³-hybridized carbons (Fsp3) is 0.154. The molecule has 0 spiro atoms. The van der Waals surface area contributed by atoms with Gasteiger partial charge in [-0.1, -0.05) is 42.5 Å². The van der Waals surface area contributed by atoms with Gasteiger partial charge in [0.2, 0.25) is 11.8 Å². The van der Waals surface area contributed by atoms with E-state index in [1.807, 2.05) is 36.4 Å². The lowest BCUT2D eigenvalue weighted by Gasteiger charge is -2.25. The first-order chi connectivity index (χ1) is 15.2. The number of aliphatic imine (C=N–C) groups is 1. The molecule has 31 heavy (non-hydrogen) atoms. The minimum absolute atomic E-state index is 0.0188. The van der Waals surface area contributed by atoms with Crippen molar-refractivity contribution in [2.75, 3.05) is 0 Å². The average Bonchev–Trinajstić information content (AvgIpc) is 3.25. The molecule has 6 rings (SSSR count). The van der Waals surface area contributed by atoms with Crippen LogP contribution in [0, 0.1) is 0 Å². The van der Waals surface area contributed by atoms with Gasteiger partial charge in [0, 0.05) is 17.0 Å². The molecule has 0 radical (unpaired) electrons. The van der Waals surface area contributed by atoms with Crippen molar-refractivity contribution in [2.24, 2.45) is 4.99 Å². The third-order valence-corrected chi connectivity index (χ3v) is 5.92. The molecule has 0 saturated heterocycles. The first-order valence-corrected chi connectivity index (χ1v) is 10.4. The van der Waals surface area contributed by atoms with Crippen LogP contribution in [0.5, 0.6) is 17.4 Å². The van der Waals surface area contributed by atoms with Gasteiger partial charge in [-0.05, 0) is 54.3 Å². The zero-order valence-electron chi connectivity index (χ0n) is 16.7. The SMILES string of the molecule is Oc1cccc2ccc(Oc3cccc(C4=N[C@H]5CCc6ccccc6C5O4)c3)nc12. The number of pyridine rings is 1. The number of rotatable bonds is 3. The smallest absolute Gasteiger partial charge is 0.219 e. The van der Waals surface area contributed by atoms with Gasteiger partial charge in [0.1, 0.15) is 23.1 Å². The molecule has 1 aromatic heterocycles. The molecule has 5 heteroatoms. The van der Waals surface area contributed by atoms with E-state index in [0.29, 0.717) is 23.0 Å². The predicted molar refractivity (Wildman–Crippen MR) is 119 cm³/mol. The number of phenolic OH excluding ortho intramolecular Hbond substituents is 1. The average molecular weight is 408 g/mol. The van der Waals surface area contributed by atoms with E-state index in [-0.39, 0.29) is 17.9 Å². The van der Waals surface area contributed by atoms with Crippen molar-refractivity contribution in [3.8, 4) is 17.4 Å². The summed E-state index contributed by atoms with van der Waals surface area (Å²) in [6, 6.07) is 25.3. The highest BCUT2D eigenvalue weighted by Gasteiger charge is 2.36. The van der Waals surface area contributed by atoms with Crippen molar-refractivity contribution in [1.29, 1.82) is 0 Å².